The summed E-state index contributed by atoms with van der Waals surface area (Å²) in [6.45, 7) is 0.997. The third-order valence-electron chi connectivity index (χ3n) is 3.86. The van der Waals surface area contributed by atoms with Gasteiger partial charge in [-0.25, -0.2) is 9.97 Å². The SMILES string of the molecule is C[C@]1(O)C(n2cc(Br)c3c(NO)ncnc32)O[C@H](CO)[C@H]1O. The van der Waals surface area contributed by atoms with Gasteiger partial charge in [-0.15, -0.1) is 0 Å². The minimum atomic E-state index is -1.63. The molecule has 1 aliphatic rings. The van der Waals surface area contributed by atoms with Crippen molar-refractivity contribution in [1.29, 1.82) is 0 Å². The van der Waals surface area contributed by atoms with Gasteiger partial charge in [0.25, 0.3) is 0 Å². The third kappa shape index (κ3) is 2.11. The van der Waals surface area contributed by atoms with Crippen molar-refractivity contribution in [3.05, 3.63) is 17.0 Å². The number of aliphatic hydroxyl groups is 3. The highest BCUT2D eigenvalue weighted by Gasteiger charge is 2.53. The molecule has 0 aromatic carbocycles. The molecule has 4 atom stereocenters. The molecule has 1 saturated heterocycles. The van der Waals surface area contributed by atoms with Crippen LogP contribution in [0.15, 0.2) is 17.0 Å². The summed E-state index contributed by atoms with van der Waals surface area (Å²) in [6, 6.07) is 0. The van der Waals surface area contributed by atoms with Crippen molar-refractivity contribution < 1.29 is 25.3 Å². The highest BCUT2D eigenvalue weighted by atomic mass is 79.9. The molecule has 3 rings (SSSR count). The maximum Gasteiger partial charge on any atom is 0.167 e. The van der Waals surface area contributed by atoms with Gasteiger partial charge in [0.15, 0.2) is 12.0 Å². The molecule has 5 N–H and O–H groups in total. The number of nitrogens with zero attached hydrogens (tertiary/aromatic N) is 3. The molecule has 0 spiro atoms. The lowest BCUT2D eigenvalue weighted by atomic mass is 9.96. The molecule has 2 aromatic heterocycles. The van der Waals surface area contributed by atoms with E-state index in [0.29, 0.717) is 15.5 Å². The molecule has 22 heavy (non-hydrogen) atoms. The summed E-state index contributed by atoms with van der Waals surface area (Å²) in [5.74, 6) is 0.188. The van der Waals surface area contributed by atoms with E-state index in [9.17, 15) is 15.3 Å². The monoisotopic (exact) mass is 374 g/mol. The van der Waals surface area contributed by atoms with E-state index in [1.807, 2.05) is 5.48 Å². The Balaban J connectivity index is 2.15. The number of rotatable bonds is 3. The molecular formula is C12H15BrN4O5. The molecule has 0 bridgehead atoms. The van der Waals surface area contributed by atoms with Crippen molar-refractivity contribution in [3.63, 3.8) is 0 Å². The van der Waals surface area contributed by atoms with Gasteiger partial charge in [0.2, 0.25) is 0 Å². The van der Waals surface area contributed by atoms with Crippen LogP contribution in [0.25, 0.3) is 11.0 Å². The Bertz CT molecular complexity index is 706. The molecule has 3 heterocycles. The Morgan fingerprint density at radius 1 is 1.50 bits per heavy atom. The Morgan fingerprint density at radius 2 is 2.23 bits per heavy atom. The van der Waals surface area contributed by atoms with Gasteiger partial charge in [0.1, 0.15) is 29.8 Å². The Hall–Kier alpha value is -1.30. The summed E-state index contributed by atoms with van der Waals surface area (Å²) in [5.41, 5.74) is 0.732. The van der Waals surface area contributed by atoms with E-state index in [4.69, 9.17) is 9.94 Å². The van der Waals surface area contributed by atoms with Gasteiger partial charge in [-0.2, -0.15) is 0 Å². The van der Waals surface area contributed by atoms with Crippen molar-refractivity contribution in [2.24, 2.45) is 0 Å². The fraction of sp³-hybridized carbons (Fsp3) is 0.500. The number of hydrogen-bond acceptors (Lipinski definition) is 8. The average molecular weight is 375 g/mol. The van der Waals surface area contributed by atoms with Crippen LogP contribution in [0.1, 0.15) is 13.2 Å². The van der Waals surface area contributed by atoms with Gasteiger partial charge in [-0.05, 0) is 22.9 Å². The number of aromatic nitrogens is 3. The standard InChI is InChI=1S/C12H15BrN4O5/c1-12(20)8(19)6(3-18)22-11(12)17-2-5(13)7-9(16-21)14-4-15-10(7)17/h2,4,6,8,11,18-21H,3H2,1H3,(H,14,15,16)/t6-,8-,11?,12-/m1/s1. The van der Waals surface area contributed by atoms with Gasteiger partial charge in [0.05, 0.1) is 12.0 Å². The number of fused-ring (bicyclic) bond motifs is 1. The van der Waals surface area contributed by atoms with Crippen molar-refractivity contribution in [2.75, 3.05) is 12.1 Å². The van der Waals surface area contributed by atoms with E-state index in [-0.39, 0.29) is 5.82 Å². The summed E-state index contributed by atoms with van der Waals surface area (Å²) < 4.78 is 7.65. The first-order valence-electron chi connectivity index (χ1n) is 6.49. The fourth-order valence-corrected chi connectivity index (χ4v) is 3.28. The Morgan fingerprint density at radius 3 is 2.82 bits per heavy atom. The molecule has 1 aliphatic heterocycles. The van der Waals surface area contributed by atoms with Crippen LogP contribution in [0.5, 0.6) is 0 Å². The average Bonchev–Trinajstić information content (AvgIpc) is 2.95. The molecule has 120 valence electrons. The number of aliphatic hydroxyl groups excluding tert-OH is 2. The molecule has 1 unspecified atom stereocenters. The summed E-state index contributed by atoms with van der Waals surface area (Å²) in [4.78, 5) is 8.03. The maximum atomic E-state index is 10.5. The quantitative estimate of drug-likeness (QED) is 0.474. The van der Waals surface area contributed by atoms with Crippen molar-refractivity contribution in [3.8, 4) is 0 Å². The lowest BCUT2D eigenvalue weighted by Gasteiger charge is -2.27. The number of anilines is 1. The molecule has 0 saturated carbocycles. The first kappa shape index (κ1) is 15.6. The molecule has 0 aliphatic carbocycles. The summed E-state index contributed by atoms with van der Waals surface area (Å²) in [5, 5.41) is 39.5. The zero-order chi connectivity index (χ0) is 16.1. The van der Waals surface area contributed by atoms with Gasteiger partial charge in [-0.1, -0.05) is 0 Å². The van der Waals surface area contributed by atoms with Crippen LogP contribution in [0.2, 0.25) is 0 Å². The van der Waals surface area contributed by atoms with Crippen molar-refractivity contribution >= 4 is 32.8 Å². The molecule has 0 radical (unpaired) electrons. The second-order valence-electron chi connectivity index (χ2n) is 5.30. The molecule has 1 fully saturated rings. The zero-order valence-electron chi connectivity index (χ0n) is 11.5. The van der Waals surface area contributed by atoms with E-state index >= 15 is 0 Å². The number of hydrogen-bond donors (Lipinski definition) is 5. The molecule has 2 aromatic rings. The lowest BCUT2D eigenvalue weighted by Crippen LogP contribution is -2.44. The zero-order valence-corrected chi connectivity index (χ0v) is 13.1. The van der Waals surface area contributed by atoms with Gasteiger partial charge >= 0.3 is 0 Å². The van der Waals surface area contributed by atoms with Crippen LogP contribution in [0.4, 0.5) is 5.82 Å². The van der Waals surface area contributed by atoms with E-state index in [2.05, 4.69) is 25.9 Å². The van der Waals surface area contributed by atoms with Crippen LogP contribution < -0.4 is 5.48 Å². The van der Waals surface area contributed by atoms with Crippen LogP contribution >= 0.6 is 15.9 Å². The minimum Gasteiger partial charge on any atom is -0.394 e. The van der Waals surface area contributed by atoms with Crippen LogP contribution in [0, 0.1) is 0 Å². The van der Waals surface area contributed by atoms with Crippen LogP contribution in [0.3, 0.4) is 0 Å². The predicted molar refractivity (Wildman–Crippen MR) is 78.3 cm³/mol. The van der Waals surface area contributed by atoms with E-state index < -0.39 is 30.6 Å². The van der Waals surface area contributed by atoms with Gasteiger partial charge in [0, 0.05) is 10.7 Å². The highest BCUT2D eigenvalue weighted by molar-refractivity contribution is 9.10. The number of halogens is 1. The molecule has 9 nitrogen and oxygen atoms in total. The maximum absolute atomic E-state index is 10.5. The fourth-order valence-electron chi connectivity index (χ4n) is 2.69. The van der Waals surface area contributed by atoms with Crippen LogP contribution in [-0.4, -0.2) is 59.5 Å². The lowest BCUT2D eigenvalue weighted by molar-refractivity contribution is -0.0948. The van der Waals surface area contributed by atoms with Gasteiger partial charge in [-0.3, -0.25) is 10.7 Å². The summed E-state index contributed by atoms with van der Waals surface area (Å²) in [6.07, 6.45) is -0.279. The molecule has 10 heteroatoms. The first-order valence-corrected chi connectivity index (χ1v) is 7.29. The molecular weight excluding hydrogens is 360 g/mol. The van der Waals surface area contributed by atoms with Crippen molar-refractivity contribution in [2.45, 2.75) is 31.0 Å². The normalized spacial score (nSPS) is 31.8. The topological polar surface area (TPSA) is 133 Å². The second-order valence-corrected chi connectivity index (χ2v) is 6.15. The smallest absolute Gasteiger partial charge is 0.167 e. The number of ether oxygens (including phenoxy) is 1. The van der Waals surface area contributed by atoms with Crippen LogP contribution in [-0.2, 0) is 4.74 Å². The van der Waals surface area contributed by atoms with Gasteiger partial charge < -0.3 is 24.6 Å². The predicted octanol–water partition coefficient (Wildman–Crippen LogP) is -0.00350. The third-order valence-corrected chi connectivity index (χ3v) is 4.46. The highest BCUT2D eigenvalue weighted by Crippen LogP contribution is 2.41. The Kier molecular flexibility index (Phi) is 3.83. The summed E-state index contributed by atoms with van der Waals surface area (Å²) in [7, 11) is 0. The van der Waals surface area contributed by atoms with Crippen molar-refractivity contribution in [1.82, 2.24) is 14.5 Å². The minimum absolute atomic E-state index is 0.188. The first-order chi connectivity index (χ1) is 10.4. The second kappa shape index (κ2) is 5.41. The van der Waals surface area contributed by atoms with E-state index in [1.165, 1.54) is 17.8 Å². The van der Waals surface area contributed by atoms with E-state index in [0.717, 1.165) is 0 Å². The summed E-state index contributed by atoms with van der Waals surface area (Å²) >= 11 is 3.34. The largest absolute Gasteiger partial charge is 0.394 e. The Labute approximate surface area is 133 Å². The van der Waals surface area contributed by atoms with E-state index in [1.54, 1.807) is 6.20 Å². The molecule has 0 amide bonds. The number of nitrogens with one attached hydrogen (secondary N) is 1.